The zero-order valence-corrected chi connectivity index (χ0v) is 47.7. The van der Waals surface area contributed by atoms with Crippen LogP contribution in [0, 0.1) is 0 Å². The Morgan fingerprint density at radius 1 is 0.453 bits per heavy atom. The first kappa shape index (κ1) is 60.3. The van der Waals surface area contributed by atoms with Gasteiger partial charge in [0, 0.05) is 46.9 Å². The summed E-state index contributed by atoms with van der Waals surface area (Å²) in [6, 6.07) is 29.8. The lowest BCUT2D eigenvalue weighted by Crippen LogP contribution is -3.00. The molecule has 8 aromatic rings. The van der Waals surface area contributed by atoms with Crippen LogP contribution in [-0.2, 0) is 33.7 Å². The van der Waals surface area contributed by atoms with Crippen LogP contribution in [0.5, 0.6) is 23.0 Å². The fourth-order valence-corrected chi connectivity index (χ4v) is 7.23. The van der Waals surface area contributed by atoms with Gasteiger partial charge in [0.25, 0.3) is 0 Å². The normalized spacial score (nSPS) is 11.0. The second-order valence-corrected chi connectivity index (χ2v) is 16.8. The number of nitrogens with zero attached hydrogens (tertiary/aromatic N) is 15. The summed E-state index contributed by atoms with van der Waals surface area (Å²) in [7, 11) is 10.5. The van der Waals surface area contributed by atoms with E-state index in [0.29, 0.717) is 11.9 Å². The van der Waals surface area contributed by atoms with Crippen LogP contribution >= 0.6 is 15.9 Å². The van der Waals surface area contributed by atoms with Crippen molar-refractivity contribution < 1.29 is 62.0 Å². The summed E-state index contributed by atoms with van der Waals surface area (Å²) in [4.78, 5) is 11.1. The molecule has 396 valence electrons. The maximum absolute atomic E-state index is 5.19. The van der Waals surface area contributed by atoms with E-state index in [1.807, 2.05) is 150 Å². The third kappa shape index (κ3) is 20.2. The summed E-state index contributed by atoms with van der Waals surface area (Å²) in [6.07, 6.45) is 21.8. The minimum Gasteiger partial charge on any atom is -1.00 e. The zero-order valence-electron chi connectivity index (χ0n) is 42.9. The molecule has 0 bridgehead atoms. The molecule has 0 saturated carbocycles. The molecule has 4 aromatic carbocycles. The van der Waals surface area contributed by atoms with Crippen LogP contribution in [0.2, 0.25) is 0 Å². The molecule has 0 fully saturated rings. The van der Waals surface area contributed by atoms with Gasteiger partial charge in [-0.15, -0.1) is 20.5 Å². The maximum Gasteiger partial charge on any atom is 0.421 e. The lowest BCUT2D eigenvalue weighted by atomic mass is 10.2. The number of ether oxygens (including phenoxy) is 4. The lowest BCUT2D eigenvalue weighted by Gasteiger charge is -2.04. The molecule has 4 heterocycles. The number of alkyl halides is 1. The molecule has 0 saturated heterocycles. The Kier molecular flexibility index (Phi) is 27.0. The number of benzene rings is 4. The number of imidazole rings is 4. The van der Waals surface area contributed by atoms with E-state index in [9.17, 15) is 0 Å². The van der Waals surface area contributed by atoms with E-state index in [4.69, 9.17) is 18.9 Å². The number of rotatable bonds is 23. The van der Waals surface area contributed by atoms with Gasteiger partial charge < -0.3 is 62.5 Å². The third-order valence-electron chi connectivity index (χ3n) is 10.9. The number of azo groups is 4. The standard InChI is InChI=1S/C26H31N8O2.C16H22BrN4O.C10H10N4O.2BrH/c1-32-19-20-34(26(32)31-29-22-9-13-24(36-3)14-10-22)17-6-4-5-16-33-18-15-27-25(33)30-28-21-7-11-23(35-2)12-8-21;1-20-12-13-21(11-5-3-4-10-17)16(20)19-18-14-6-8-15(22-2)9-7-14;1-15-9-4-2-8(3-5-9)13-14-10-11-6-7-12-10;;/h7-15,18-20H,4-6,16-17H2,1-3H3;6-9,12-13H,3-5,10-11H2,1-2H3;2-7H,1H3,(H,11,12);2*1H/q2*+1;;;/p-2. The zero-order chi connectivity index (χ0) is 51.5. The van der Waals surface area contributed by atoms with Crippen LogP contribution in [0.1, 0.15) is 38.5 Å². The highest BCUT2D eigenvalue weighted by molar-refractivity contribution is 9.09. The molecule has 0 radical (unpaired) electrons. The molecule has 0 spiro atoms. The molecule has 0 aliphatic heterocycles. The molecule has 0 atom stereocenters. The monoisotopic (exact) mass is 1210 g/mol. The van der Waals surface area contributed by atoms with Gasteiger partial charge in [-0.3, -0.25) is 0 Å². The third-order valence-corrected chi connectivity index (χ3v) is 11.5. The van der Waals surface area contributed by atoms with Crippen molar-refractivity contribution >= 4 is 62.5 Å². The second kappa shape index (κ2) is 33.6. The highest BCUT2D eigenvalue weighted by Crippen LogP contribution is 2.24. The summed E-state index contributed by atoms with van der Waals surface area (Å²) < 4.78 is 30.8. The number of hydrogen-bond acceptors (Lipinski definition) is 14. The van der Waals surface area contributed by atoms with E-state index in [1.165, 1.54) is 12.8 Å². The highest BCUT2D eigenvalue weighted by Gasteiger charge is 2.15. The summed E-state index contributed by atoms with van der Waals surface area (Å²) in [5.41, 5.74) is 3.11. The van der Waals surface area contributed by atoms with Crippen molar-refractivity contribution in [1.29, 1.82) is 0 Å². The molecular weight excluding hydrogens is 1150 g/mol. The van der Waals surface area contributed by atoms with E-state index in [2.05, 4.69) is 87.1 Å². The van der Waals surface area contributed by atoms with E-state index < -0.39 is 0 Å². The number of halogens is 3. The lowest BCUT2D eigenvalue weighted by molar-refractivity contribution is -0.657. The first-order valence-electron chi connectivity index (χ1n) is 23.7. The molecule has 75 heavy (non-hydrogen) atoms. The Morgan fingerprint density at radius 3 is 1.23 bits per heavy atom. The van der Waals surface area contributed by atoms with E-state index in [1.54, 1.807) is 47.0 Å². The quantitative estimate of drug-likeness (QED) is 0.0300. The Hall–Kier alpha value is -7.24. The molecule has 1 N–H and O–H groups in total. The second-order valence-electron chi connectivity index (χ2n) is 16.0. The van der Waals surface area contributed by atoms with Crippen LogP contribution in [-0.4, -0.2) is 62.4 Å². The Morgan fingerprint density at radius 2 is 0.840 bits per heavy atom. The molecule has 8 rings (SSSR count). The maximum atomic E-state index is 5.19. The number of nitrogens with one attached hydrogen (secondary N) is 1. The summed E-state index contributed by atoms with van der Waals surface area (Å²) >= 11 is 3.46. The number of aryl methyl sites for hydroxylation is 5. The molecule has 0 aliphatic carbocycles. The Labute approximate surface area is 467 Å². The minimum atomic E-state index is 0. The number of aromatic nitrogens is 8. The van der Waals surface area contributed by atoms with Crippen molar-refractivity contribution in [2.45, 2.75) is 58.2 Å². The molecule has 0 aliphatic rings. The predicted octanol–water partition coefficient (Wildman–Crippen LogP) is 7.37. The van der Waals surface area contributed by atoms with E-state index >= 15 is 0 Å². The first-order valence-corrected chi connectivity index (χ1v) is 24.8. The topological polar surface area (TPSA) is 200 Å². The SMILES string of the molecule is COc1ccc(N=Nc2n(CCCCCBr)cc[n+]2C)cc1.COc1ccc(N=Nc2ncc[nH]2)cc1.COc1ccc(N=Nc2nccn2CCCCCn2cc[n+](C)c2N=Nc2ccc(OC)cc2)cc1.[Br-].[Br-]. The van der Waals surface area contributed by atoms with E-state index in [0.717, 1.165) is 108 Å². The van der Waals surface area contributed by atoms with Gasteiger partial charge in [-0.25, -0.2) is 28.2 Å². The summed E-state index contributed by atoms with van der Waals surface area (Å²) in [5, 5.41) is 35.1. The average Bonchev–Trinajstić information content (AvgIpc) is 4.27. The van der Waals surface area contributed by atoms with Gasteiger partial charge in [-0.05, 0) is 136 Å². The van der Waals surface area contributed by atoms with Gasteiger partial charge in [0.15, 0.2) is 0 Å². The van der Waals surface area contributed by atoms with Crippen molar-refractivity contribution in [3.63, 3.8) is 0 Å². The fourth-order valence-electron chi connectivity index (χ4n) is 6.83. The van der Waals surface area contributed by atoms with Crippen molar-refractivity contribution in [2.75, 3.05) is 33.8 Å². The number of aromatic amines is 1. The van der Waals surface area contributed by atoms with Crippen LogP contribution in [0.15, 0.2) is 188 Å². The van der Waals surface area contributed by atoms with Crippen molar-refractivity contribution in [1.82, 2.24) is 28.7 Å². The van der Waals surface area contributed by atoms with Crippen molar-refractivity contribution in [2.24, 2.45) is 55.0 Å². The van der Waals surface area contributed by atoms with Crippen LogP contribution in [0.4, 0.5) is 46.5 Å². The summed E-state index contributed by atoms with van der Waals surface area (Å²) in [6.45, 7) is 2.66. The Bertz CT molecular complexity index is 2940. The van der Waals surface area contributed by atoms with Gasteiger partial charge in [-0.1, -0.05) is 26.2 Å². The largest absolute Gasteiger partial charge is 1.00 e. The smallest absolute Gasteiger partial charge is 0.421 e. The molecule has 4 aromatic heterocycles. The minimum absolute atomic E-state index is 0. The van der Waals surface area contributed by atoms with Crippen LogP contribution < -0.4 is 62.0 Å². The predicted molar refractivity (Wildman–Crippen MR) is 282 cm³/mol. The molecular formula is C52H63Br3N16O4. The molecule has 20 nitrogen and oxygen atoms in total. The molecule has 0 unspecified atom stereocenters. The first-order chi connectivity index (χ1) is 35.8. The average molecular weight is 1220 g/mol. The van der Waals surface area contributed by atoms with Gasteiger partial charge in [-0.2, -0.15) is 0 Å². The molecule has 0 amide bonds. The number of hydrogen-bond donors (Lipinski definition) is 1. The van der Waals surface area contributed by atoms with Gasteiger partial charge in [0.05, 0.1) is 91.8 Å². The Balaban J connectivity index is 0.000000265. The number of methoxy groups -OCH3 is 4. The van der Waals surface area contributed by atoms with Crippen molar-refractivity contribution in [3.05, 3.63) is 147 Å². The van der Waals surface area contributed by atoms with Crippen LogP contribution in [0.3, 0.4) is 0 Å². The number of unbranched alkanes of at least 4 members (excludes halogenated alkanes) is 4. The summed E-state index contributed by atoms with van der Waals surface area (Å²) in [5.74, 6) is 5.96. The van der Waals surface area contributed by atoms with Gasteiger partial charge in [0.2, 0.25) is 11.9 Å². The van der Waals surface area contributed by atoms with Gasteiger partial charge in [0.1, 0.15) is 34.4 Å². The van der Waals surface area contributed by atoms with Gasteiger partial charge >= 0.3 is 11.9 Å². The van der Waals surface area contributed by atoms with Crippen molar-refractivity contribution in [3.8, 4) is 23.0 Å². The fraction of sp³-hybridized carbons (Fsp3) is 0.308. The van der Waals surface area contributed by atoms with Crippen LogP contribution in [0.25, 0.3) is 0 Å². The highest BCUT2D eigenvalue weighted by atomic mass is 79.9. The number of H-pyrrole nitrogens is 1. The molecule has 23 heteroatoms. The van der Waals surface area contributed by atoms with E-state index in [-0.39, 0.29) is 34.0 Å².